The lowest BCUT2D eigenvalue weighted by Crippen LogP contribution is -2.35. The van der Waals surface area contributed by atoms with E-state index < -0.39 is 81.4 Å². The molecule has 0 saturated carbocycles. The quantitative estimate of drug-likeness (QED) is 0.115. The number of aromatic amines is 1. The van der Waals surface area contributed by atoms with Crippen molar-refractivity contribution in [3.63, 3.8) is 0 Å². The molecule has 3 fully saturated rings. The zero-order valence-electron chi connectivity index (χ0n) is 22.3. The summed E-state index contributed by atoms with van der Waals surface area (Å²) in [5, 5.41) is 11.1. The first-order valence-electron chi connectivity index (χ1n) is 12.9. The molecule has 45 heavy (non-hydrogen) atoms. The molecule has 20 nitrogen and oxygen atoms in total. The lowest BCUT2D eigenvalue weighted by Gasteiger charge is -2.27. The fraction of sp³-hybridized carbons (Fsp3) is 0.500. The highest BCUT2D eigenvalue weighted by Crippen LogP contribution is 2.58. The molecule has 7 rings (SSSR count). The molecule has 10 atom stereocenters. The van der Waals surface area contributed by atoms with E-state index in [2.05, 4.69) is 42.2 Å². The summed E-state index contributed by atoms with van der Waals surface area (Å²) in [7, 11) is 0. The number of nitrogens with two attached hydrogens (primary N) is 2. The van der Waals surface area contributed by atoms with Crippen molar-refractivity contribution >= 4 is 71.7 Å². The van der Waals surface area contributed by atoms with Crippen LogP contribution in [0.25, 0.3) is 22.3 Å². The molecule has 3 aliphatic heterocycles. The number of thiol groups is 1. The second-order valence-electron chi connectivity index (χ2n) is 10.1. The SMILES string of the molecule is Nc1nc2c(ncn2[C@@H]2OC3COP(O)(=S)O[C@@H]4[C@H](O)C(COP(=O)(S)O[C@H]3[C@H]2F)O[C@H]4n2cnc3c(N)ncnc32)c(=O)[nH]1. The van der Waals surface area contributed by atoms with E-state index in [0.29, 0.717) is 0 Å². The normalized spacial score (nSPS) is 37.7. The zero-order valence-corrected chi connectivity index (χ0v) is 25.8. The number of nitrogen functional groups attached to an aromatic ring is 2. The number of rotatable bonds is 2. The van der Waals surface area contributed by atoms with Crippen LogP contribution in [-0.2, 0) is 43.9 Å². The Morgan fingerprint density at radius 1 is 1.00 bits per heavy atom. The molecule has 0 aromatic carbocycles. The zero-order chi connectivity index (χ0) is 31.8. The van der Waals surface area contributed by atoms with E-state index in [1.807, 2.05) is 0 Å². The topological polar surface area (TPSA) is 272 Å². The summed E-state index contributed by atoms with van der Waals surface area (Å²) < 4.78 is 65.8. The highest BCUT2D eigenvalue weighted by Gasteiger charge is 2.53. The number of alkyl halides is 1. The van der Waals surface area contributed by atoms with Gasteiger partial charge in [0.15, 0.2) is 41.3 Å². The van der Waals surface area contributed by atoms with E-state index in [1.165, 1.54) is 17.2 Å². The maximum absolute atomic E-state index is 16.0. The van der Waals surface area contributed by atoms with Crippen LogP contribution < -0.4 is 17.0 Å². The van der Waals surface area contributed by atoms with Crippen LogP contribution in [0.15, 0.2) is 23.8 Å². The smallest absolute Gasteiger partial charge is 0.386 e. The third kappa shape index (κ3) is 5.55. The van der Waals surface area contributed by atoms with Crippen LogP contribution in [0.1, 0.15) is 12.5 Å². The van der Waals surface area contributed by atoms with Gasteiger partial charge in [-0.1, -0.05) is 12.2 Å². The molecule has 4 aromatic rings. The highest BCUT2D eigenvalue weighted by atomic mass is 32.7. The Labute approximate surface area is 260 Å². The Bertz CT molecular complexity index is 1950. The van der Waals surface area contributed by atoms with Crippen molar-refractivity contribution < 1.29 is 46.5 Å². The molecule has 3 aliphatic rings. The number of H-pyrrole nitrogens is 1. The maximum atomic E-state index is 16.0. The average Bonchev–Trinajstić information content (AvgIpc) is 3.72. The monoisotopic (exact) mass is 708 g/mol. The summed E-state index contributed by atoms with van der Waals surface area (Å²) >= 11 is 9.22. The molecule has 3 saturated heterocycles. The standard InChI is InChI=1S/C20H23FN10O10P2S2/c21-8-12-7(39-18(8)31-5-27-10-16(31)28-20(23)29-17(10)33)2-37-43(35,45)41-13-11(32)6(1-36-42(34,44)40-12)38-19(13)30-4-26-9-14(22)24-3-25-15(9)30/h3-8,11-13,18-19,32H,1-2H2,(H,34,44)(H,35,45)(H2,22,24,25)(H3,23,28,29,33)/t6?,7?,8-,11-,12-,13-,18-,19-,42?,43?/m1/s1. The first-order valence-corrected chi connectivity index (χ1v) is 18.2. The third-order valence-corrected chi connectivity index (χ3v) is 10.5. The molecular formula is C20H23FN10O10P2S2. The number of nitrogens with one attached hydrogen (secondary N) is 1. The van der Waals surface area contributed by atoms with Crippen LogP contribution in [0.2, 0.25) is 0 Å². The molecule has 4 unspecified atom stereocenters. The van der Waals surface area contributed by atoms with E-state index in [4.69, 9.17) is 50.8 Å². The second kappa shape index (κ2) is 11.2. The minimum Gasteiger partial charge on any atom is -0.387 e. The number of fused-ring (bicyclic) bond motifs is 5. The predicted octanol–water partition coefficient (Wildman–Crippen LogP) is -0.310. The van der Waals surface area contributed by atoms with Gasteiger partial charge in [0, 0.05) is 0 Å². The number of ether oxygens (including phenoxy) is 2. The largest absolute Gasteiger partial charge is 0.387 e. The highest BCUT2D eigenvalue weighted by molar-refractivity contribution is 8.44. The fourth-order valence-electron chi connectivity index (χ4n) is 5.26. The first-order chi connectivity index (χ1) is 21.3. The summed E-state index contributed by atoms with van der Waals surface area (Å²) in [6.07, 6.45) is -8.53. The van der Waals surface area contributed by atoms with Gasteiger partial charge < -0.3 is 35.5 Å². The van der Waals surface area contributed by atoms with Crippen molar-refractivity contribution in [3.05, 3.63) is 29.3 Å². The predicted molar refractivity (Wildman–Crippen MR) is 156 cm³/mol. The van der Waals surface area contributed by atoms with Crippen LogP contribution in [0.4, 0.5) is 16.2 Å². The number of halogens is 1. The molecular weight excluding hydrogens is 685 g/mol. The lowest BCUT2D eigenvalue weighted by molar-refractivity contribution is -0.0587. The van der Waals surface area contributed by atoms with Gasteiger partial charge in [0.05, 0.1) is 25.9 Å². The van der Waals surface area contributed by atoms with Crippen molar-refractivity contribution in [2.75, 3.05) is 24.7 Å². The molecule has 0 amide bonds. The molecule has 4 aromatic heterocycles. The Kier molecular flexibility index (Phi) is 7.74. The number of aliphatic hydroxyl groups excluding tert-OH is 1. The summed E-state index contributed by atoms with van der Waals surface area (Å²) in [5.74, 6) is -0.181. The van der Waals surface area contributed by atoms with Gasteiger partial charge in [-0.15, -0.1) is 0 Å². The number of anilines is 2. The number of aliphatic hydroxyl groups is 1. The number of hydrogen-bond acceptors (Lipinski definition) is 17. The van der Waals surface area contributed by atoms with Crippen LogP contribution >= 0.6 is 25.8 Å². The minimum atomic E-state index is -4.41. The van der Waals surface area contributed by atoms with E-state index >= 15 is 4.39 Å². The Balaban J connectivity index is 1.21. The number of imidazole rings is 2. The van der Waals surface area contributed by atoms with Crippen molar-refractivity contribution in [1.29, 1.82) is 0 Å². The Morgan fingerprint density at radius 3 is 2.47 bits per heavy atom. The van der Waals surface area contributed by atoms with Crippen LogP contribution in [0.5, 0.6) is 0 Å². The molecule has 0 spiro atoms. The number of aromatic nitrogens is 8. The Morgan fingerprint density at radius 2 is 1.69 bits per heavy atom. The van der Waals surface area contributed by atoms with E-state index in [0.717, 1.165) is 10.9 Å². The van der Waals surface area contributed by atoms with Gasteiger partial charge in [0.2, 0.25) is 5.95 Å². The maximum Gasteiger partial charge on any atom is 0.386 e. The average molecular weight is 709 g/mol. The summed E-state index contributed by atoms with van der Waals surface area (Å²) in [6.45, 7) is -9.90. The first kappa shape index (κ1) is 31.0. The van der Waals surface area contributed by atoms with E-state index in [1.54, 1.807) is 0 Å². The summed E-state index contributed by atoms with van der Waals surface area (Å²) in [5.41, 5.74) is 11.1. The van der Waals surface area contributed by atoms with Crippen LogP contribution in [0, 0.1) is 0 Å². The van der Waals surface area contributed by atoms with Crippen molar-refractivity contribution in [1.82, 2.24) is 39.0 Å². The minimum absolute atomic E-state index is 0.0749. The number of nitrogens with zero attached hydrogens (tertiary/aromatic N) is 7. The van der Waals surface area contributed by atoms with Crippen molar-refractivity contribution in [2.24, 2.45) is 0 Å². The van der Waals surface area contributed by atoms with Gasteiger partial charge in [-0.25, -0.2) is 28.9 Å². The van der Waals surface area contributed by atoms with Gasteiger partial charge in [-0.05, 0) is 11.8 Å². The van der Waals surface area contributed by atoms with Gasteiger partial charge in [-0.3, -0.25) is 32.5 Å². The fourth-order valence-corrected chi connectivity index (χ4v) is 8.16. The molecule has 0 radical (unpaired) electrons. The lowest BCUT2D eigenvalue weighted by atomic mass is 10.1. The van der Waals surface area contributed by atoms with Gasteiger partial charge >= 0.3 is 13.5 Å². The Hall–Kier alpha value is -2.66. The van der Waals surface area contributed by atoms with Crippen molar-refractivity contribution in [3.8, 4) is 0 Å². The molecule has 7 N–H and O–H groups in total. The van der Waals surface area contributed by atoms with Crippen LogP contribution in [0.3, 0.4) is 0 Å². The molecule has 7 heterocycles. The molecule has 0 aliphatic carbocycles. The van der Waals surface area contributed by atoms with Crippen LogP contribution in [-0.4, -0.2) is 98.9 Å². The molecule has 2 bridgehead atoms. The summed E-state index contributed by atoms with van der Waals surface area (Å²) in [4.78, 5) is 45.8. The number of hydrogen-bond donors (Lipinski definition) is 6. The second-order valence-corrected chi connectivity index (χ2v) is 15.8. The molecule has 242 valence electrons. The van der Waals surface area contributed by atoms with Crippen molar-refractivity contribution in [2.45, 2.75) is 49.1 Å². The van der Waals surface area contributed by atoms with Gasteiger partial charge in [0.25, 0.3) is 5.56 Å². The van der Waals surface area contributed by atoms with E-state index in [9.17, 15) is 19.4 Å². The van der Waals surface area contributed by atoms with Gasteiger partial charge in [0.1, 0.15) is 42.4 Å². The van der Waals surface area contributed by atoms with Gasteiger partial charge in [-0.2, -0.15) is 4.98 Å². The summed E-state index contributed by atoms with van der Waals surface area (Å²) in [6, 6.07) is 0. The third-order valence-electron chi connectivity index (χ3n) is 7.28. The molecule has 25 heteroatoms. The van der Waals surface area contributed by atoms with E-state index in [-0.39, 0.29) is 34.1 Å².